The molecule has 158 valence electrons. The number of nitrogens with zero attached hydrogens (tertiary/aromatic N) is 3. The van der Waals surface area contributed by atoms with Crippen LogP contribution in [0.15, 0.2) is 35.4 Å². The number of halogens is 2. The Morgan fingerprint density at radius 2 is 1.87 bits per heavy atom. The molecular weight excluding hydrogens is 412 g/mol. The van der Waals surface area contributed by atoms with Gasteiger partial charge in [0.05, 0.1) is 11.9 Å². The van der Waals surface area contributed by atoms with Gasteiger partial charge in [-0.15, -0.1) is 0 Å². The smallest absolute Gasteiger partial charge is 0.231 e. The molecule has 3 N–H and O–H groups in total. The maximum Gasteiger partial charge on any atom is 0.231 e. The number of nitrogens with two attached hydrogens (primary N) is 1. The van der Waals surface area contributed by atoms with E-state index < -0.39 is 11.6 Å². The van der Waals surface area contributed by atoms with Crippen molar-refractivity contribution >= 4 is 29.2 Å². The lowest BCUT2D eigenvalue weighted by Gasteiger charge is -2.36. The molecule has 1 fully saturated rings. The molecule has 0 aliphatic carbocycles. The summed E-state index contributed by atoms with van der Waals surface area (Å²) in [5.74, 6) is -0.325. The lowest BCUT2D eigenvalue weighted by Crippen LogP contribution is -2.46. The Morgan fingerprint density at radius 1 is 1.10 bits per heavy atom. The Labute approximate surface area is 178 Å². The lowest BCUT2D eigenvalue weighted by molar-refractivity contribution is 0.174. The molecule has 4 rings (SSSR count). The van der Waals surface area contributed by atoms with Gasteiger partial charge in [0, 0.05) is 38.3 Å². The zero-order chi connectivity index (χ0) is 21.1. The predicted octanol–water partition coefficient (Wildman–Crippen LogP) is 2.18. The van der Waals surface area contributed by atoms with Gasteiger partial charge in [-0.3, -0.25) is 10.3 Å². The topological polar surface area (TPSA) is 75.4 Å². The maximum atomic E-state index is 14.6. The van der Waals surface area contributed by atoms with Crippen molar-refractivity contribution in [2.45, 2.75) is 6.54 Å². The minimum absolute atomic E-state index is 0.0152. The van der Waals surface area contributed by atoms with Crippen molar-refractivity contribution in [3.8, 4) is 11.5 Å². The van der Waals surface area contributed by atoms with Gasteiger partial charge in [-0.1, -0.05) is 6.07 Å². The summed E-state index contributed by atoms with van der Waals surface area (Å²) in [4.78, 5) is 4.12. The average Bonchev–Trinajstić information content (AvgIpc) is 3.20. The highest BCUT2D eigenvalue weighted by atomic mass is 32.1. The van der Waals surface area contributed by atoms with Crippen molar-refractivity contribution in [2.24, 2.45) is 10.8 Å². The van der Waals surface area contributed by atoms with Crippen LogP contribution in [-0.4, -0.2) is 49.2 Å². The zero-order valence-electron chi connectivity index (χ0n) is 16.1. The van der Waals surface area contributed by atoms with E-state index >= 15 is 0 Å². The van der Waals surface area contributed by atoms with E-state index in [0.717, 1.165) is 42.9 Å². The van der Waals surface area contributed by atoms with Crippen molar-refractivity contribution in [3.05, 3.63) is 53.1 Å². The third kappa shape index (κ3) is 4.44. The molecule has 0 aromatic heterocycles. The van der Waals surface area contributed by atoms with E-state index in [2.05, 4.69) is 27.6 Å². The second-order valence-electron chi connectivity index (χ2n) is 6.99. The summed E-state index contributed by atoms with van der Waals surface area (Å²) in [6.45, 7) is 3.66. The van der Waals surface area contributed by atoms with Gasteiger partial charge in [0.25, 0.3) is 0 Å². The van der Waals surface area contributed by atoms with E-state index in [1.54, 1.807) is 6.07 Å². The molecule has 7 nitrogen and oxygen atoms in total. The summed E-state index contributed by atoms with van der Waals surface area (Å²) in [6.07, 6.45) is 1.14. The molecular formula is C20H21F2N5O2S. The first-order chi connectivity index (χ1) is 14.5. The summed E-state index contributed by atoms with van der Waals surface area (Å²) in [5, 5.41) is 3.62. The van der Waals surface area contributed by atoms with Crippen molar-refractivity contribution in [2.75, 3.05) is 37.9 Å². The van der Waals surface area contributed by atoms with Crippen LogP contribution >= 0.6 is 12.2 Å². The van der Waals surface area contributed by atoms with Gasteiger partial charge >= 0.3 is 0 Å². The molecule has 0 bridgehead atoms. The van der Waals surface area contributed by atoms with Gasteiger partial charge in [-0.05, 0) is 42.0 Å². The Balaban J connectivity index is 1.37. The Bertz CT molecular complexity index is 980. The molecule has 2 aromatic carbocycles. The first-order valence-corrected chi connectivity index (χ1v) is 9.84. The predicted molar refractivity (Wildman–Crippen MR) is 114 cm³/mol. The molecule has 10 heteroatoms. The molecule has 2 heterocycles. The van der Waals surface area contributed by atoms with Gasteiger partial charge in [-0.2, -0.15) is 5.10 Å². The van der Waals surface area contributed by atoms with Gasteiger partial charge in [-0.25, -0.2) is 8.78 Å². The van der Waals surface area contributed by atoms with Crippen LogP contribution in [-0.2, 0) is 6.54 Å². The minimum Gasteiger partial charge on any atom is -0.454 e. The third-order valence-corrected chi connectivity index (χ3v) is 5.12. The van der Waals surface area contributed by atoms with Crippen molar-refractivity contribution < 1.29 is 18.3 Å². The van der Waals surface area contributed by atoms with Crippen LogP contribution in [0.2, 0.25) is 0 Å². The second kappa shape index (κ2) is 8.80. The maximum absolute atomic E-state index is 14.6. The molecule has 0 saturated carbocycles. The van der Waals surface area contributed by atoms with Crippen LogP contribution in [0.1, 0.15) is 11.1 Å². The number of ether oxygens (including phenoxy) is 2. The summed E-state index contributed by atoms with van der Waals surface area (Å²) in [6, 6.07) is 8.96. The number of hydrogen-bond acceptors (Lipinski definition) is 6. The number of piperazine rings is 1. The molecule has 0 radical (unpaired) electrons. The van der Waals surface area contributed by atoms with Crippen LogP contribution in [0.5, 0.6) is 11.5 Å². The number of anilines is 1. The Hall–Kier alpha value is -2.98. The number of fused-ring (bicyclic) bond motifs is 1. The SMILES string of the molecule is NC(=S)NN=Cc1ccc(N2CCN(Cc3ccc4c(c3)OCO4)CC2)c(F)c1F. The minimum atomic E-state index is -0.955. The number of rotatable bonds is 5. The van der Waals surface area contributed by atoms with Gasteiger partial charge in [0.1, 0.15) is 0 Å². The van der Waals surface area contributed by atoms with Gasteiger partial charge in [0.2, 0.25) is 6.79 Å². The number of benzene rings is 2. The van der Waals surface area contributed by atoms with Crippen molar-refractivity contribution in [3.63, 3.8) is 0 Å². The molecule has 30 heavy (non-hydrogen) atoms. The summed E-state index contributed by atoms with van der Waals surface area (Å²) >= 11 is 4.61. The molecule has 0 unspecified atom stereocenters. The molecule has 0 atom stereocenters. The molecule has 2 aliphatic rings. The molecule has 1 saturated heterocycles. The van der Waals surface area contributed by atoms with E-state index in [1.807, 2.05) is 23.1 Å². The summed E-state index contributed by atoms with van der Waals surface area (Å²) in [5.41, 5.74) is 8.95. The zero-order valence-corrected chi connectivity index (χ0v) is 16.9. The highest BCUT2D eigenvalue weighted by molar-refractivity contribution is 7.80. The van der Waals surface area contributed by atoms with Crippen LogP contribution in [0, 0.1) is 11.6 Å². The Morgan fingerprint density at radius 3 is 2.63 bits per heavy atom. The van der Waals surface area contributed by atoms with Crippen LogP contribution in [0.25, 0.3) is 0 Å². The normalized spacial score (nSPS) is 16.3. The third-order valence-electron chi connectivity index (χ3n) is 5.03. The lowest BCUT2D eigenvalue weighted by atomic mass is 10.1. The van der Waals surface area contributed by atoms with Crippen molar-refractivity contribution in [1.29, 1.82) is 0 Å². The van der Waals surface area contributed by atoms with Gasteiger partial charge < -0.3 is 20.1 Å². The molecule has 2 aromatic rings. The molecule has 0 spiro atoms. The number of hydrogen-bond donors (Lipinski definition) is 2. The van der Waals surface area contributed by atoms with Crippen LogP contribution < -0.4 is 25.5 Å². The number of hydrazone groups is 1. The number of thiocarbonyl (C=S) groups is 1. The quantitative estimate of drug-likeness (QED) is 0.425. The van der Waals surface area contributed by atoms with E-state index in [1.165, 1.54) is 6.07 Å². The van der Waals surface area contributed by atoms with E-state index in [4.69, 9.17) is 15.2 Å². The Kier molecular flexibility index (Phi) is 5.96. The average molecular weight is 433 g/mol. The first kappa shape index (κ1) is 20.3. The van der Waals surface area contributed by atoms with E-state index in [9.17, 15) is 8.78 Å². The van der Waals surface area contributed by atoms with E-state index in [0.29, 0.717) is 13.1 Å². The van der Waals surface area contributed by atoms with Crippen LogP contribution in [0.3, 0.4) is 0 Å². The fourth-order valence-electron chi connectivity index (χ4n) is 3.51. The monoisotopic (exact) mass is 433 g/mol. The fraction of sp³-hybridized carbons (Fsp3) is 0.300. The van der Waals surface area contributed by atoms with Crippen LogP contribution in [0.4, 0.5) is 14.5 Å². The largest absolute Gasteiger partial charge is 0.454 e. The van der Waals surface area contributed by atoms with E-state index in [-0.39, 0.29) is 23.2 Å². The first-order valence-electron chi connectivity index (χ1n) is 9.43. The highest BCUT2D eigenvalue weighted by Crippen LogP contribution is 2.33. The molecule has 2 aliphatic heterocycles. The van der Waals surface area contributed by atoms with Crippen molar-refractivity contribution in [1.82, 2.24) is 10.3 Å². The summed E-state index contributed by atoms with van der Waals surface area (Å²) in [7, 11) is 0. The highest BCUT2D eigenvalue weighted by Gasteiger charge is 2.23. The molecule has 0 amide bonds. The second-order valence-corrected chi connectivity index (χ2v) is 7.43. The fourth-order valence-corrected chi connectivity index (χ4v) is 3.56. The van der Waals surface area contributed by atoms with Gasteiger partial charge in [0.15, 0.2) is 28.2 Å². The standard InChI is InChI=1S/C20H21F2N5O2S/c21-18-14(10-24-25-20(23)30)2-3-15(19(18)22)27-7-5-26(6-8-27)11-13-1-4-16-17(9-13)29-12-28-16/h1-4,9-10H,5-8,11-12H2,(H3,23,25,30). The summed E-state index contributed by atoms with van der Waals surface area (Å²) < 4.78 is 39.8. The number of nitrogens with one attached hydrogen (secondary N) is 1.